The number of likely N-dealkylation sites (N-methyl/N-ethyl adjacent to an activating group) is 1. The lowest BCUT2D eigenvalue weighted by Gasteiger charge is -2.36. The molecule has 4 heteroatoms. The van der Waals surface area contributed by atoms with Crippen molar-refractivity contribution >= 4 is 11.3 Å². The minimum Gasteiger partial charge on any atom is -0.376 e. The molecule has 0 spiro atoms. The lowest BCUT2D eigenvalue weighted by atomic mass is 9.83. The van der Waals surface area contributed by atoms with Gasteiger partial charge in [0.05, 0.1) is 11.1 Å². The lowest BCUT2D eigenvalue weighted by Crippen LogP contribution is -2.48. The zero-order valence-electron chi connectivity index (χ0n) is 12.4. The molecule has 1 rings (SSSR count). The topological polar surface area (TPSA) is 34.1 Å². The molecule has 0 aliphatic rings. The van der Waals surface area contributed by atoms with E-state index in [0.29, 0.717) is 6.04 Å². The first kappa shape index (κ1) is 15.6. The van der Waals surface area contributed by atoms with Gasteiger partial charge >= 0.3 is 0 Å². The second kappa shape index (κ2) is 6.64. The summed E-state index contributed by atoms with van der Waals surface area (Å²) in [4.78, 5) is 4.55. The van der Waals surface area contributed by atoms with E-state index in [4.69, 9.17) is 4.74 Å². The molecule has 18 heavy (non-hydrogen) atoms. The molecule has 0 saturated heterocycles. The molecule has 104 valence electrons. The summed E-state index contributed by atoms with van der Waals surface area (Å²) in [5.74, 6) is 0. The fraction of sp³-hybridized carbons (Fsp3) is 0.786. The van der Waals surface area contributed by atoms with Crippen LogP contribution >= 0.6 is 11.3 Å². The van der Waals surface area contributed by atoms with Gasteiger partial charge in [0.25, 0.3) is 0 Å². The summed E-state index contributed by atoms with van der Waals surface area (Å²) in [6, 6.07) is 0.301. The molecule has 0 aromatic carbocycles. The minimum absolute atomic E-state index is 0.121. The zero-order valence-corrected chi connectivity index (χ0v) is 13.2. The van der Waals surface area contributed by atoms with Crippen molar-refractivity contribution in [3.63, 3.8) is 0 Å². The number of nitrogens with one attached hydrogen (secondary N) is 1. The van der Waals surface area contributed by atoms with Crippen LogP contribution in [-0.2, 0) is 11.2 Å². The quantitative estimate of drug-likeness (QED) is 0.863. The Kier molecular flexibility index (Phi) is 5.76. The molecule has 1 N–H and O–H groups in total. The number of aryl methyl sites for hydroxylation is 1. The molecule has 0 amide bonds. The van der Waals surface area contributed by atoms with E-state index in [-0.39, 0.29) is 11.5 Å². The van der Waals surface area contributed by atoms with E-state index in [9.17, 15) is 0 Å². The average Bonchev–Trinajstić information content (AvgIpc) is 2.67. The maximum Gasteiger partial charge on any atom is 0.0944 e. The van der Waals surface area contributed by atoms with E-state index in [1.807, 2.05) is 14.0 Å². The summed E-state index contributed by atoms with van der Waals surface area (Å²) in [5.41, 5.74) is 1.23. The van der Waals surface area contributed by atoms with Crippen LogP contribution in [0.1, 0.15) is 38.4 Å². The van der Waals surface area contributed by atoms with Gasteiger partial charge in [0.15, 0.2) is 0 Å². The van der Waals surface area contributed by atoms with E-state index in [1.54, 1.807) is 11.3 Å². The second-order valence-electron chi connectivity index (χ2n) is 5.72. The number of ether oxygens (including phenoxy) is 1. The molecule has 0 saturated carbocycles. The summed E-state index contributed by atoms with van der Waals surface area (Å²) in [6.07, 6.45) is 1.12. The highest BCUT2D eigenvalue weighted by Crippen LogP contribution is 2.27. The highest BCUT2D eigenvalue weighted by Gasteiger charge is 2.32. The highest BCUT2D eigenvalue weighted by molar-refractivity contribution is 7.09. The van der Waals surface area contributed by atoms with Crippen molar-refractivity contribution in [1.29, 1.82) is 0 Å². The Hall–Kier alpha value is -0.450. The Morgan fingerprint density at radius 1 is 1.44 bits per heavy atom. The molecule has 0 aliphatic heterocycles. The summed E-state index contributed by atoms with van der Waals surface area (Å²) in [6.45, 7) is 11.5. The Morgan fingerprint density at radius 3 is 2.50 bits per heavy atom. The fourth-order valence-corrected chi connectivity index (χ4v) is 3.03. The van der Waals surface area contributed by atoms with E-state index in [1.165, 1.54) is 5.01 Å². The molecular formula is C14H26N2OS. The van der Waals surface area contributed by atoms with Gasteiger partial charge in [-0.2, -0.15) is 0 Å². The molecule has 0 fully saturated rings. The first-order valence-electron chi connectivity index (χ1n) is 6.58. The average molecular weight is 270 g/mol. The van der Waals surface area contributed by atoms with Crippen LogP contribution in [0.25, 0.3) is 0 Å². The van der Waals surface area contributed by atoms with Gasteiger partial charge in [-0.05, 0) is 26.3 Å². The van der Waals surface area contributed by atoms with Gasteiger partial charge < -0.3 is 10.1 Å². The van der Waals surface area contributed by atoms with E-state index < -0.39 is 0 Å². The SMILES string of the molecule is CCOC(C(Cc1nc(C)cs1)NC)C(C)(C)C. The van der Waals surface area contributed by atoms with Crippen LogP contribution in [0, 0.1) is 12.3 Å². The van der Waals surface area contributed by atoms with E-state index in [2.05, 4.69) is 43.4 Å². The van der Waals surface area contributed by atoms with Crippen LogP contribution in [0.2, 0.25) is 0 Å². The van der Waals surface area contributed by atoms with Gasteiger partial charge in [0.2, 0.25) is 0 Å². The Balaban J connectivity index is 2.79. The fourth-order valence-electron chi connectivity index (χ4n) is 2.19. The monoisotopic (exact) mass is 270 g/mol. The molecule has 2 unspecified atom stereocenters. The van der Waals surface area contributed by atoms with Crippen molar-refractivity contribution in [2.24, 2.45) is 5.41 Å². The van der Waals surface area contributed by atoms with Gasteiger partial charge in [0.1, 0.15) is 0 Å². The van der Waals surface area contributed by atoms with Crippen LogP contribution in [0.3, 0.4) is 0 Å². The standard InChI is InChI=1S/C14H26N2OS/c1-7-17-13(14(3,4)5)11(15-6)8-12-16-10(2)9-18-12/h9,11,13,15H,7-8H2,1-6H3. The van der Waals surface area contributed by atoms with Gasteiger partial charge in [-0.1, -0.05) is 20.8 Å². The van der Waals surface area contributed by atoms with Crippen molar-refractivity contribution in [3.05, 3.63) is 16.1 Å². The van der Waals surface area contributed by atoms with Gasteiger partial charge in [-0.25, -0.2) is 4.98 Å². The summed E-state index contributed by atoms with van der Waals surface area (Å²) >= 11 is 1.73. The first-order valence-corrected chi connectivity index (χ1v) is 7.46. The normalized spacial score (nSPS) is 15.7. The number of hydrogen-bond acceptors (Lipinski definition) is 4. The molecule has 0 radical (unpaired) electrons. The second-order valence-corrected chi connectivity index (χ2v) is 6.67. The van der Waals surface area contributed by atoms with Crippen LogP contribution in [0.4, 0.5) is 0 Å². The number of hydrogen-bond donors (Lipinski definition) is 1. The maximum absolute atomic E-state index is 5.95. The summed E-state index contributed by atoms with van der Waals surface area (Å²) < 4.78 is 5.95. The number of aromatic nitrogens is 1. The molecule has 1 aromatic rings. The minimum atomic E-state index is 0.121. The van der Waals surface area contributed by atoms with Crippen LogP contribution in [-0.4, -0.2) is 30.8 Å². The molecular weight excluding hydrogens is 244 g/mol. The summed E-state index contributed by atoms with van der Waals surface area (Å²) in [5, 5.41) is 6.68. The van der Waals surface area contributed by atoms with Gasteiger partial charge in [0, 0.05) is 30.1 Å². The Labute approximate surface area is 115 Å². The number of nitrogens with zero attached hydrogens (tertiary/aromatic N) is 1. The van der Waals surface area contributed by atoms with Crippen molar-refractivity contribution < 1.29 is 4.74 Å². The third kappa shape index (κ3) is 4.34. The van der Waals surface area contributed by atoms with E-state index in [0.717, 1.165) is 18.7 Å². The number of rotatable bonds is 6. The predicted octanol–water partition coefficient (Wildman–Crippen LogP) is 3.03. The Morgan fingerprint density at radius 2 is 2.11 bits per heavy atom. The first-order chi connectivity index (χ1) is 8.38. The van der Waals surface area contributed by atoms with Crippen LogP contribution in [0.5, 0.6) is 0 Å². The largest absolute Gasteiger partial charge is 0.376 e. The summed E-state index contributed by atoms with van der Waals surface area (Å²) in [7, 11) is 2.00. The number of thiazole rings is 1. The molecule has 0 aliphatic carbocycles. The van der Waals surface area contributed by atoms with Gasteiger partial charge in [-0.15, -0.1) is 11.3 Å². The molecule has 0 bridgehead atoms. The van der Waals surface area contributed by atoms with Crippen molar-refractivity contribution in [2.75, 3.05) is 13.7 Å². The zero-order chi connectivity index (χ0) is 13.8. The van der Waals surface area contributed by atoms with Gasteiger partial charge in [-0.3, -0.25) is 0 Å². The molecule has 3 nitrogen and oxygen atoms in total. The highest BCUT2D eigenvalue weighted by atomic mass is 32.1. The molecule has 1 aromatic heterocycles. The smallest absolute Gasteiger partial charge is 0.0944 e. The van der Waals surface area contributed by atoms with Crippen molar-refractivity contribution in [3.8, 4) is 0 Å². The van der Waals surface area contributed by atoms with Crippen LogP contribution in [0.15, 0.2) is 5.38 Å². The Bertz CT molecular complexity index is 357. The van der Waals surface area contributed by atoms with Crippen molar-refractivity contribution in [2.45, 2.75) is 53.2 Å². The van der Waals surface area contributed by atoms with Crippen molar-refractivity contribution in [1.82, 2.24) is 10.3 Å². The van der Waals surface area contributed by atoms with E-state index >= 15 is 0 Å². The molecule has 1 heterocycles. The maximum atomic E-state index is 5.95. The lowest BCUT2D eigenvalue weighted by molar-refractivity contribution is -0.0340. The van der Waals surface area contributed by atoms with Crippen LogP contribution < -0.4 is 5.32 Å². The molecule has 2 atom stereocenters. The third-order valence-electron chi connectivity index (χ3n) is 3.00. The predicted molar refractivity (Wildman–Crippen MR) is 78.3 cm³/mol. The third-order valence-corrected chi connectivity index (χ3v) is 3.99.